The molecule has 4 fully saturated rings. The highest BCUT2D eigenvalue weighted by Crippen LogP contribution is 2.66. The molecule has 4 saturated carbocycles. The second-order valence-corrected chi connectivity index (χ2v) is 3.97. The van der Waals surface area contributed by atoms with Crippen LogP contribution in [0.3, 0.4) is 0 Å². The minimum absolute atomic E-state index is 0.119. The fourth-order valence-electron chi connectivity index (χ4n) is 3.22. The first kappa shape index (κ1) is 4.73. The van der Waals surface area contributed by atoms with Crippen molar-refractivity contribution in [3.05, 3.63) is 0 Å². The summed E-state index contributed by atoms with van der Waals surface area (Å²) in [6.07, 6.45) is 4.22. The van der Waals surface area contributed by atoms with Gasteiger partial charge in [-0.2, -0.15) is 0 Å². The minimum Gasteiger partial charge on any atom is -0.393 e. The van der Waals surface area contributed by atoms with E-state index >= 15 is 0 Å². The van der Waals surface area contributed by atoms with Crippen LogP contribution in [0.4, 0.5) is 0 Å². The standard InChI is InChI=1S/C8H12O/c9-8-4-1-2-5-6(3-4)7(5)8/h4-9H,1-3H2/t4-,5-,6?,7?,8-/m1/s1. The lowest BCUT2D eigenvalue weighted by Gasteiger charge is -2.25. The Labute approximate surface area is 55.1 Å². The number of hydrogen-bond donors (Lipinski definition) is 1. The Morgan fingerprint density at radius 1 is 1.11 bits per heavy atom. The van der Waals surface area contributed by atoms with E-state index in [1.54, 1.807) is 0 Å². The summed E-state index contributed by atoms with van der Waals surface area (Å²) in [4.78, 5) is 0. The molecule has 4 aliphatic rings. The van der Waals surface area contributed by atoms with Gasteiger partial charge in [0, 0.05) is 0 Å². The molecule has 1 N–H and O–H groups in total. The first-order valence-electron chi connectivity index (χ1n) is 4.06. The van der Waals surface area contributed by atoms with Gasteiger partial charge in [-0.15, -0.1) is 0 Å². The molecule has 4 aliphatic carbocycles. The van der Waals surface area contributed by atoms with Crippen molar-refractivity contribution in [1.82, 2.24) is 0 Å². The molecule has 0 saturated heterocycles. The molecule has 0 amide bonds. The summed E-state index contributed by atoms with van der Waals surface area (Å²) in [5, 5.41) is 9.53. The number of aliphatic hydroxyl groups excluding tert-OH is 1. The van der Waals surface area contributed by atoms with Crippen molar-refractivity contribution in [3.63, 3.8) is 0 Å². The van der Waals surface area contributed by atoms with Gasteiger partial charge in [0.2, 0.25) is 0 Å². The van der Waals surface area contributed by atoms with Gasteiger partial charge in [0.05, 0.1) is 6.10 Å². The van der Waals surface area contributed by atoms with Crippen molar-refractivity contribution in [1.29, 1.82) is 0 Å². The molecule has 0 aromatic heterocycles. The molecule has 9 heavy (non-hydrogen) atoms. The maximum atomic E-state index is 9.53. The van der Waals surface area contributed by atoms with Crippen LogP contribution in [-0.4, -0.2) is 11.2 Å². The van der Waals surface area contributed by atoms with E-state index in [-0.39, 0.29) is 6.10 Å². The molecule has 0 spiro atoms. The number of aliphatic hydroxyl groups is 1. The lowest BCUT2D eigenvalue weighted by Crippen LogP contribution is -2.24. The topological polar surface area (TPSA) is 20.2 Å². The van der Waals surface area contributed by atoms with Crippen LogP contribution in [0, 0.1) is 23.7 Å². The Morgan fingerprint density at radius 3 is 2.33 bits per heavy atom. The largest absolute Gasteiger partial charge is 0.393 e. The first-order chi connectivity index (χ1) is 4.38. The molecule has 4 bridgehead atoms. The average Bonchev–Trinajstić information content (AvgIpc) is 2.52. The Morgan fingerprint density at radius 2 is 2.00 bits per heavy atom. The predicted molar refractivity (Wildman–Crippen MR) is 33.8 cm³/mol. The molecule has 0 radical (unpaired) electrons. The van der Waals surface area contributed by atoms with Crippen LogP contribution in [-0.2, 0) is 0 Å². The van der Waals surface area contributed by atoms with Crippen molar-refractivity contribution in [3.8, 4) is 0 Å². The molecule has 50 valence electrons. The normalized spacial score (nSPS) is 68.3. The zero-order chi connectivity index (χ0) is 6.01. The molecule has 5 atom stereocenters. The summed E-state index contributed by atoms with van der Waals surface area (Å²) >= 11 is 0. The molecule has 4 rings (SSSR count). The van der Waals surface area contributed by atoms with E-state index in [4.69, 9.17) is 0 Å². The maximum Gasteiger partial charge on any atom is 0.0602 e. The Kier molecular flexibility index (Phi) is 0.628. The highest BCUT2D eigenvalue weighted by atomic mass is 16.3. The fourth-order valence-corrected chi connectivity index (χ4v) is 3.22. The summed E-state index contributed by atoms with van der Waals surface area (Å²) in [5.41, 5.74) is 0. The monoisotopic (exact) mass is 124 g/mol. The summed E-state index contributed by atoms with van der Waals surface area (Å²) in [5.74, 6) is 3.41. The lowest BCUT2D eigenvalue weighted by atomic mass is 9.84. The highest BCUT2D eigenvalue weighted by molar-refractivity contribution is 5.12. The van der Waals surface area contributed by atoms with E-state index in [1.807, 2.05) is 0 Å². The van der Waals surface area contributed by atoms with Gasteiger partial charge in [0.15, 0.2) is 0 Å². The molecule has 1 heteroatoms. The van der Waals surface area contributed by atoms with Gasteiger partial charge in [-0.25, -0.2) is 0 Å². The lowest BCUT2D eigenvalue weighted by molar-refractivity contribution is 0.0689. The van der Waals surface area contributed by atoms with Gasteiger partial charge in [0.25, 0.3) is 0 Å². The number of rotatable bonds is 0. The van der Waals surface area contributed by atoms with Gasteiger partial charge < -0.3 is 5.11 Å². The third kappa shape index (κ3) is 0.389. The van der Waals surface area contributed by atoms with Crippen LogP contribution < -0.4 is 0 Å². The highest BCUT2D eigenvalue weighted by Gasteiger charge is 2.63. The Bertz CT molecular complexity index is 149. The van der Waals surface area contributed by atoms with Gasteiger partial charge in [-0.05, 0) is 42.9 Å². The molecule has 1 nitrogen and oxygen atoms in total. The number of hydrogen-bond acceptors (Lipinski definition) is 1. The van der Waals surface area contributed by atoms with E-state index in [2.05, 4.69) is 0 Å². The second kappa shape index (κ2) is 1.20. The zero-order valence-corrected chi connectivity index (χ0v) is 5.46. The van der Waals surface area contributed by atoms with E-state index in [0.29, 0.717) is 5.92 Å². The van der Waals surface area contributed by atoms with Gasteiger partial charge in [-0.3, -0.25) is 0 Å². The molecule has 0 aliphatic heterocycles. The van der Waals surface area contributed by atoms with Crippen LogP contribution in [0.2, 0.25) is 0 Å². The van der Waals surface area contributed by atoms with Crippen molar-refractivity contribution in [2.75, 3.05) is 0 Å². The molecule has 0 aromatic rings. The average molecular weight is 124 g/mol. The van der Waals surface area contributed by atoms with Crippen molar-refractivity contribution in [2.24, 2.45) is 23.7 Å². The third-order valence-corrected chi connectivity index (χ3v) is 3.72. The van der Waals surface area contributed by atoms with E-state index < -0.39 is 0 Å². The molecule has 2 unspecified atom stereocenters. The SMILES string of the molecule is O[C@H]1C2C3C[C@H]1CC[C@H]32. The van der Waals surface area contributed by atoms with Gasteiger partial charge >= 0.3 is 0 Å². The molecule has 0 aromatic carbocycles. The molecular formula is C8H12O. The number of fused-ring (bicyclic) bond motifs is 1. The third-order valence-electron chi connectivity index (χ3n) is 3.72. The Balaban J connectivity index is 1.98. The van der Waals surface area contributed by atoms with Crippen LogP contribution in [0.5, 0.6) is 0 Å². The van der Waals surface area contributed by atoms with Crippen molar-refractivity contribution >= 4 is 0 Å². The quantitative estimate of drug-likeness (QED) is 0.511. The van der Waals surface area contributed by atoms with Crippen molar-refractivity contribution in [2.45, 2.75) is 25.4 Å². The van der Waals surface area contributed by atoms with Crippen LogP contribution in [0.1, 0.15) is 19.3 Å². The zero-order valence-electron chi connectivity index (χ0n) is 5.46. The minimum atomic E-state index is 0.119. The van der Waals surface area contributed by atoms with Crippen LogP contribution >= 0.6 is 0 Å². The summed E-state index contributed by atoms with van der Waals surface area (Å²) in [6, 6.07) is 0. The first-order valence-corrected chi connectivity index (χ1v) is 4.06. The predicted octanol–water partition coefficient (Wildman–Crippen LogP) is 1.02. The van der Waals surface area contributed by atoms with E-state index in [9.17, 15) is 5.11 Å². The molecule has 0 heterocycles. The van der Waals surface area contributed by atoms with Crippen molar-refractivity contribution < 1.29 is 5.11 Å². The smallest absolute Gasteiger partial charge is 0.0602 e. The van der Waals surface area contributed by atoms with Gasteiger partial charge in [-0.1, -0.05) is 0 Å². The second-order valence-electron chi connectivity index (χ2n) is 3.97. The summed E-state index contributed by atoms with van der Waals surface area (Å²) in [7, 11) is 0. The summed E-state index contributed by atoms with van der Waals surface area (Å²) in [6.45, 7) is 0. The van der Waals surface area contributed by atoms with E-state index in [1.165, 1.54) is 19.3 Å². The van der Waals surface area contributed by atoms with Crippen LogP contribution in [0.25, 0.3) is 0 Å². The van der Waals surface area contributed by atoms with E-state index in [0.717, 1.165) is 17.8 Å². The summed E-state index contributed by atoms with van der Waals surface area (Å²) < 4.78 is 0. The van der Waals surface area contributed by atoms with Gasteiger partial charge in [0.1, 0.15) is 0 Å². The Hall–Kier alpha value is -0.0400. The molecular weight excluding hydrogens is 112 g/mol. The fraction of sp³-hybridized carbons (Fsp3) is 1.00. The maximum absolute atomic E-state index is 9.53. The van der Waals surface area contributed by atoms with Crippen LogP contribution in [0.15, 0.2) is 0 Å².